The summed E-state index contributed by atoms with van der Waals surface area (Å²) < 4.78 is 80.7. The van der Waals surface area contributed by atoms with Crippen LogP contribution in [0.25, 0.3) is 0 Å². The van der Waals surface area contributed by atoms with E-state index in [2.05, 4.69) is 0 Å². The lowest BCUT2D eigenvalue weighted by atomic mass is 9.76. The molecule has 0 aliphatic rings. The van der Waals surface area contributed by atoms with E-state index in [1.54, 1.807) is 67.6 Å². The van der Waals surface area contributed by atoms with Gasteiger partial charge < -0.3 is 4.74 Å². The molecule has 0 unspecified atom stereocenters. The Morgan fingerprint density at radius 2 is 1.20 bits per heavy atom. The summed E-state index contributed by atoms with van der Waals surface area (Å²) in [6, 6.07) is 17.2. The van der Waals surface area contributed by atoms with Crippen LogP contribution in [-0.4, -0.2) is 49.5 Å². The molecule has 0 fully saturated rings. The molecule has 0 heterocycles. The van der Waals surface area contributed by atoms with E-state index in [0.717, 1.165) is 0 Å². The maximum absolute atomic E-state index is 12.9. The summed E-state index contributed by atoms with van der Waals surface area (Å²) in [5.74, 6) is -0.765. The maximum atomic E-state index is 12.9. The fourth-order valence-corrected chi connectivity index (χ4v) is 3.08. The van der Waals surface area contributed by atoms with E-state index in [4.69, 9.17) is 4.74 Å². The molecule has 0 N–H and O–H groups in total. The van der Waals surface area contributed by atoms with Crippen molar-refractivity contribution in [1.29, 1.82) is 0 Å². The first-order valence-corrected chi connectivity index (χ1v) is 9.06. The average Bonchev–Trinajstić information content (AvgIpc) is 2.66. The van der Waals surface area contributed by atoms with Crippen LogP contribution in [0.3, 0.4) is 0 Å². The standard InChI is InChI=1S/C21H21F6NO2/c1-19(16-8-4-2-5-9-16,17-10-6-3-7-11-17)18(29)30-13-12-28(14-20(22,23)24)15-21(25,26)27/h2-11H,12-15H2,1H3. The SMILES string of the molecule is CC(C(=O)OCCN(CC(F)(F)F)CC(F)(F)F)(c1ccccc1)c1ccccc1. The lowest BCUT2D eigenvalue weighted by molar-refractivity contribution is -0.182. The van der Waals surface area contributed by atoms with Crippen LogP contribution < -0.4 is 0 Å². The average molecular weight is 433 g/mol. The third-order valence-corrected chi connectivity index (χ3v) is 4.56. The molecule has 2 aromatic carbocycles. The number of carbonyl (C=O) groups is 1. The van der Waals surface area contributed by atoms with Crippen LogP contribution in [0.15, 0.2) is 60.7 Å². The molecule has 0 radical (unpaired) electrons. The Hall–Kier alpha value is -2.55. The first-order chi connectivity index (χ1) is 13.9. The van der Waals surface area contributed by atoms with Crippen LogP contribution in [0.2, 0.25) is 0 Å². The lowest BCUT2D eigenvalue weighted by Crippen LogP contribution is -2.43. The second kappa shape index (κ2) is 9.51. The Bertz CT molecular complexity index is 750. The van der Waals surface area contributed by atoms with Gasteiger partial charge in [0.25, 0.3) is 0 Å². The highest BCUT2D eigenvalue weighted by molar-refractivity contribution is 5.87. The molecule has 0 saturated heterocycles. The number of rotatable bonds is 8. The smallest absolute Gasteiger partial charge is 0.401 e. The number of carbonyl (C=O) groups excluding carboxylic acids is 1. The molecule has 9 heteroatoms. The highest BCUT2D eigenvalue weighted by Gasteiger charge is 2.40. The maximum Gasteiger partial charge on any atom is 0.401 e. The fraction of sp³-hybridized carbons (Fsp3) is 0.381. The molecule has 0 bridgehead atoms. The molecular weight excluding hydrogens is 412 g/mol. The highest BCUT2D eigenvalue weighted by atomic mass is 19.4. The van der Waals surface area contributed by atoms with Crippen molar-refractivity contribution in [3.8, 4) is 0 Å². The molecule has 2 aromatic rings. The second-order valence-corrected chi connectivity index (χ2v) is 6.93. The minimum Gasteiger partial charge on any atom is -0.463 e. The summed E-state index contributed by atoms with van der Waals surface area (Å²) in [4.78, 5) is 13.1. The van der Waals surface area contributed by atoms with Gasteiger partial charge in [0, 0.05) is 6.54 Å². The molecule has 0 aliphatic carbocycles. The number of hydrogen-bond acceptors (Lipinski definition) is 3. The third kappa shape index (κ3) is 6.76. The third-order valence-electron chi connectivity index (χ3n) is 4.56. The molecule has 30 heavy (non-hydrogen) atoms. The summed E-state index contributed by atoms with van der Waals surface area (Å²) in [5.41, 5.74) is -0.103. The van der Waals surface area contributed by atoms with E-state index in [0.29, 0.717) is 11.1 Å². The Kier molecular flexibility index (Phi) is 7.52. The number of alkyl halides is 6. The second-order valence-electron chi connectivity index (χ2n) is 6.93. The molecule has 0 aliphatic heterocycles. The van der Waals surface area contributed by atoms with Gasteiger partial charge in [0.2, 0.25) is 0 Å². The van der Waals surface area contributed by atoms with Crippen LogP contribution in [0.4, 0.5) is 26.3 Å². The van der Waals surface area contributed by atoms with E-state index in [1.807, 2.05) is 0 Å². The van der Waals surface area contributed by atoms with E-state index >= 15 is 0 Å². The number of benzene rings is 2. The molecule has 0 atom stereocenters. The van der Waals surface area contributed by atoms with E-state index < -0.39 is 50.0 Å². The highest BCUT2D eigenvalue weighted by Crippen LogP contribution is 2.33. The van der Waals surface area contributed by atoms with Crippen LogP contribution in [0.1, 0.15) is 18.1 Å². The van der Waals surface area contributed by atoms with Gasteiger partial charge in [-0.1, -0.05) is 60.7 Å². The zero-order valence-corrected chi connectivity index (χ0v) is 16.1. The predicted molar refractivity (Wildman–Crippen MR) is 98.8 cm³/mol. The topological polar surface area (TPSA) is 29.5 Å². The quantitative estimate of drug-likeness (QED) is 0.435. The number of ether oxygens (including phenoxy) is 1. The fourth-order valence-electron chi connectivity index (χ4n) is 3.08. The number of esters is 1. The van der Waals surface area contributed by atoms with Crippen molar-refractivity contribution in [2.24, 2.45) is 0 Å². The zero-order valence-electron chi connectivity index (χ0n) is 16.1. The van der Waals surface area contributed by atoms with Crippen LogP contribution >= 0.6 is 0 Å². The van der Waals surface area contributed by atoms with Crippen molar-refractivity contribution < 1.29 is 35.9 Å². The number of halogens is 6. The predicted octanol–water partition coefficient (Wildman–Crippen LogP) is 4.96. The summed E-state index contributed by atoms with van der Waals surface area (Å²) in [6.07, 6.45) is -9.62. The van der Waals surface area contributed by atoms with Gasteiger partial charge >= 0.3 is 18.3 Å². The molecule has 0 amide bonds. The largest absolute Gasteiger partial charge is 0.463 e. The Morgan fingerprint density at radius 1 is 0.800 bits per heavy atom. The Morgan fingerprint density at radius 3 is 1.57 bits per heavy atom. The first kappa shape index (κ1) is 23.7. The van der Waals surface area contributed by atoms with Gasteiger partial charge in [-0.3, -0.25) is 9.69 Å². The summed E-state index contributed by atoms with van der Waals surface area (Å²) in [5, 5.41) is 0. The molecule has 0 saturated carbocycles. The van der Waals surface area contributed by atoms with Crippen molar-refractivity contribution in [2.75, 3.05) is 26.2 Å². The van der Waals surface area contributed by atoms with Gasteiger partial charge in [0.15, 0.2) is 0 Å². The van der Waals surface area contributed by atoms with Gasteiger partial charge in [-0.15, -0.1) is 0 Å². The van der Waals surface area contributed by atoms with Crippen LogP contribution in [-0.2, 0) is 14.9 Å². The van der Waals surface area contributed by atoms with Crippen molar-refractivity contribution in [3.05, 3.63) is 71.8 Å². The number of hydrogen-bond donors (Lipinski definition) is 0. The van der Waals surface area contributed by atoms with Gasteiger partial charge in [0.1, 0.15) is 12.0 Å². The van der Waals surface area contributed by atoms with Crippen LogP contribution in [0.5, 0.6) is 0 Å². The van der Waals surface area contributed by atoms with Crippen LogP contribution in [0, 0.1) is 0 Å². The van der Waals surface area contributed by atoms with Crippen molar-refractivity contribution in [2.45, 2.75) is 24.7 Å². The molecule has 164 valence electrons. The van der Waals surface area contributed by atoms with Crippen molar-refractivity contribution in [3.63, 3.8) is 0 Å². The minimum absolute atomic E-state index is 0.162. The molecule has 0 spiro atoms. The van der Waals surface area contributed by atoms with Gasteiger partial charge in [-0.05, 0) is 18.1 Å². The van der Waals surface area contributed by atoms with Crippen molar-refractivity contribution >= 4 is 5.97 Å². The van der Waals surface area contributed by atoms with Gasteiger partial charge in [-0.2, -0.15) is 26.3 Å². The normalized spacial score (nSPS) is 12.8. The van der Waals surface area contributed by atoms with E-state index in [1.165, 1.54) is 0 Å². The van der Waals surface area contributed by atoms with Gasteiger partial charge in [0.05, 0.1) is 13.1 Å². The minimum atomic E-state index is -4.81. The Balaban J connectivity index is 2.16. The van der Waals surface area contributed by atoms with Crippen molar-refractivity contribution in [1.82, 2.24) is 4.90 Å². The van der Waals surface area contributed by atoms with Gasteiger partial charge in [-0.25, -0.2) is 0 Å². The van der Waals surface area contributed by atoms with E-state index in [-0.39, 0.29) is 4.90 Å². The Labute approximate surface area is 170 Å². The lowest BCUT2D eigenvalue weighted by Gasteiger charge is -2.29. The molecular formula is C21H21F6NO2. The molecule has 0 aromatic heterocycles. The zero-order chi connectivity index (χ0) is 22.4. The molecule has 2 rings (SSSR count). The first-order valence-electron chi connectivity index (χ1n) is 9.06. The summed E-state index contributed by atoms with van der Waals surface area (Å²) >= 11 is 0. The molecule has 3 nitrogen and oxygen atoms in total. The summed E-state index contributed by atoms with van der Waals surface area (Å²) in [6.45, 7) is -3.22. The number of nitrogens with zero attached hydrogens (tertiary/aromatic N) is 1. The monoisotopic (exact) mass is 433 g/mol. The summed E-state index contributed by atoms with van der Waals surface area (Å²) in [7, 11) is 0. The van der Waals surface area contributed by atoms with E-state index in [9.17, 15) is 31.1 Å².